The van der Waals surface area contributed by atoms with Crippen LogP contribution in [-0.4, -0.2) is 18.2 Å². The van der Waals surface area contributed by atoms with Crippen molar-refractivity contribution in [1.29, 1.82) is 0 Å². The summed E-state index contributed by atoms with van der Waals surface area (Å²) < 4.78 is 17.9. The molecule has 0 amide bonds. The van der Waals surface area contributed by atoms with Crippen LogP contribution in [-0.2, 0) is 9.53 Å². The Balaban J connectivity index is 2.72. The standard InChI is InChI=1S/C12H14BrFO3/c1-7(12(16)17-2)5-11(15)8-3-4-10(14)9(13)6-8/h3-4,6-7,11,15H,5H2,1-2H3. The van der Waals surface area contributed by atoms with Gasteiger partial charge in [-0.05, 0) is 40.0 Å². The summed E-state index contributed by atoms with van der Waals surface area (Å²) in [5.41, 5.74) is 0.564. The molecule has 94 valence electrons. The van der Waals surface area contributed by atoms with Gasteiger partial charge in [0.2, 0.25) is 0 Å². The van der Waals surface area contributed by atoms with Crippen LogP contribution in [0, 0.1) is 11.7 Å². The van der Waals surface area contributed by atoms with E-state index in [0.717, 1.165) is 0 Å². The molecule has 1 N–H and O–H groups in total. The molecule has 0 spiro atoms. The fraction of sp³-hybridized carbons (Fsp3) is 0.417. The Morgan fingerprint density at radius 2 is 2.24 bits per heavy atom. The minimum absolute atomic E-state index is 0.241. The van der Waals surface area contributed by atoms with Crippen molar-refractivity contribution in [2.24, 2.45) is 5.92 Å². The second-order valence-electron chi connectivity index (χ2n) is 3.85. The average molecular weight is 305 g/mol. The molecule has 0 bridgehead atoms. The van der Waals surface area contributed by atoms with Crippen LogP contribution in [0.1, 0.15) is 25.0 Å². The zero-order valence-corrected chi connectivity index (χ0v) is 11.2. The molecular formula is C12H14BrFO3. The predicted octanol–water partition coefficient (Wildman–Crippen LogP) is 2.82. The van der Waals surface area contributed by atoms with Crippen LogP contribution in [0.5, 0.6) is 0 Å². The second-order valence-corrected chi connectivity index (χ2v) is 4.70. The highest BCUT2D eigenvalue weighted by atomic mass is 79.9. The highest BCUT2D eigenvalue weighted by Crippen LogP contribution is 2.25. The summed E-state index contributed by atoms with van der Waals surface area (Å²) in [4.78, 5) is 11.2. The first kappa shape index (κ1) is 14.1. The maximum Gasteiger partial charge on any atom is 0.308 e. The number of aliphatic hydroxyl groups is 1. The Morgan fingerprint density at radius 1 is 1.59 bits per heavy atom. The van der Waals surface area contributed by atoms with E-state index in [-0.39, 0.29) is 18.2 Å². The van der Waals surface area contributed by atoms with Gasteiger partial charge in [-0.3, -0.25) is 4.79 Å². The van der Waals surface area contributed by atoms with Gasteiger partial charge in [-0.25, -0.2) is 4.39 Å². The Hall–Kier alpha value is -0.940. The minimum atomic E-state index is -0.819. The maximum absolute atomic E-state index is 13.0. The van der Waals surface area contributed by atoms with Crippen LogP contribution in [0.4, 0.5) is 4.39 Å². The molecule has 0 heterocycles. The lowest BCUT2D eigenvalue weighted by atomic mass is 9.98. The van der Waals surface area contributed by atoms with Crippen LogP contribution >= 0.6 is 15.9 Å². The lowest BCUT2D eigenvalue weighted by molar-refractivity contribution is -0.145. The Bertz CT molecular complexity index is 409. The van der Waals surface area contributed by atoms with Crippen molar-refractivity contribution >= 4 is 21.9 Å². The Morgan fingerprint density at radius 3 is 2.76 bits per heavy atom. The molecule has 0 aliphatic carbocycles. The maximum atomic E-state index is 13.0. The molecule has 0 aliphatic rings. The fourth-order valence-electron chi connectivity index (χ4n) is 1.49. The van der Waals surface area contributed by atoms with Crippen molar-refractivity contribution in [3.8, 4) is 0 Å². The Labute approximate surface area is 108 Å². The van der Waals surface area contributed by atoms with Gasteiger partial charge in [0.1, 0.15) is 5.82 Å². The number of benzene rings is 1. The molecule has 1 aromatic rings. The van der Waals surface area contributed by atoms with Crippen LogP contribution in [0.2, 0.25) is 0 Å². The molecule has 0 aliphatic heterocycles. The number of halogens is 2. The zero-order chi connectivity index (χ0) is 13.0. The highest BCUT2D eigenvalue weighted by Gasteiger charge is 2.19. The Kier molecular flexibility index (Phi) is 5.08. The smallest absolute Gasteiger partial charge is 0.308 e. The number of carbonyl (C=O) groups excluding carboxylic acids is 1. The largest absolute Gasteiger partial charge is 0.469 e. The molecule has 0 fully saturated rings. The molecule has 0 saturated heterocycles. The summed E-state index contributed by atoms with van der Waals surface area (Å²) in [5.74, 6) is -1.16. The minimum Gasteiger partial charge on any atom is -0.469 e. The number of aliphatic hydroxyl groups excluding tert-OH is 1. The number of rotatable bonds is 4. The number of methoxy groups -OCH3 is 1. The summed E-state index contributed by atoms with van der Waals surface area (Å²) in [6.07, 6.45) is -0.578. The summed E-state index contributed by atoms with van der Waals surface area (Å²) in [6.45, 7) is 1.67. The number of ether oxygens (including phenoxy) is 1. The van der Waals surface area contributed by atoms with Crippen LogP contribution in [0.15, 0.2) is 22.7 Å². The summed E-state index contributed by atoms with van der Waals surface area (Å²) in [7, 11) is 1.31. The van der Waals surface area contributed by atoms with E-state index in [9.17, 15) is 14.3 Å². The number of hydrogen-bond acceptors (Lipinski definition) is 3. The molecule has 0 aromatic heterocycles. The zero-order valence-electron chi connectivity index (χ0n) is 9.61. The van der Waals surface area contributed by atoms with E-state index in [0.29, 0.717) is 10.0 Å². The summed E-state index contributed by atoms with van der Waals surface area (Å²) in [6, 6.07) is 4.27. The first-order chi connectivity index (χ1) is 7.95. The monoisotopic (exact) mass is 304 g/mol. The van der Waals surface area contributed by atoms with E-state index < -0.39 is 12.0 Å². The van der Waals surface area contributed by atoms with Gasteiger partial charge in [-0.15, -0.1) is 0 Å². The van der Waals surface area contributed by atoms with Crippen molar-refractivity contribution in [1.82, 2.24) is 0 Å². The molecule has 17 heavy (non-hydrogen) atoms. The SMILES string of the molecule is COC(=O)C(C)CC(O)c1ccc(F)c(Br)c1. The van der Waals surface area contributed by atoms with E-state index in [4.69, 9.17) is 0 Å². The van der Waals surface area contributed by atoms with E-state index in [1.54, 1.807) is 6.92 Å². The normalized spacial score (nSPS) is 14.2. The van der Waals surface area contributed by atoms with E-state index >= 15 is 0 Å². The summed E-state index contributed by atoms with van der Waals surface area (Å²) >= 11 is 3.05. The van der Waals surface area contributed by atoms with Crippen molar-refractivity contribution in [3.63, 3.8) is 0 Å². The van der Waals surface area contributed by atoms with Gasteiger partial charge in [0.25, 0.3) is 0 Å². The van der Waals surface area contributed by atoms with Crippen LogP contribution in [0.3, 0.4) is 0 Å². The lowest BCUT2D eigenvalue weighted by Crippen LogP contribution is -2.16. The molecular weight excluding hydrogens is 291 g/mol. The van der Waals surface area contributed by atoms with E-state index in [1.165, 1.54) is 25.3 Å². The average Bonchev–Trinajstić information content (AvgIpc) is 2.31. The number of esters is 1. The van der Waals surface area contributed by atoms with Gasteiger partial charge >= 0.3 is 5.97 Å². The topological polar surface area (TPSA) is 46.5 Å². The number of hydrogen-bond donors (Lipinski definition) is 1. The first-order valence-electron chi connectivity index (χ1n) is 5.16. The number of carbonyl (C=O) groups is 1. The van der Waals surface area contributed by atoms with Crippen molar-refractivity contribution in [2.45, 2.75) is 19.4 Å². The molecule has 5 heteroatoms. The molecule has 1 aromatic carbocycles. The first-order valence-corrected chi connectivity index (χ1v) is 5.95. The van der Waals surface area contributed by atoms with Gasteiger partial charge < -0.3 is 9.84 Å². The van der Waals surface area contributed by atoms with Gasteiger partial charge in [-0.2, -0.15) is 0 Å². The van der Waals surface area contributed by atoms with Crippen molar-refractivity contribution < 1.29 is 19.0 Å². The molecule has 2 atom stereocenters. The lowest BCUT2D eigenvalue weighted by Gasteiger charge is -2.15. The third-order valence-electron chi connectivity index (χ3n) is 2.51. The molecule has 0 radical (unpaired) electrons. The van der Waals surface area contributed by atoms with Crippen LogP contribution < -0.4 is 0 Å². The van der Waals surface area contributed by atoms with E-state index in [2.05, 4.69) is 20.7 Å². The van der Waals surface area contributed by atoms with Gasteiger partial charge in [-0.1, -0.05) is 13.0 Å². The van der Waals surface area contributed by atoms with Crippen LogP contribution in [0.25, 0.3) is 0 Å². The molecule has 1 rings (SSSR count). The third-order valence-corrected chi connectivity index (χ3v) is 3.12. The molecule has 2 unspecified atom stereocenters. The quantitative estimate of drug-likeness (QED) is 0.870. The second kappa shape index (κ2) is 6.12. The van der Waals surface area contributed by atoms with Crippen molar-refractivity contribution in [3.05, 3.63) is 34.1 Å². The summed E-state index contributed by atoms with van der Waals surface area (Å²) in [5, 5.41) is 9.90. The predicted molar refractivity (Wildman–Crippen MR) is 64.9 cm³/mol. The highest BCUT2D eigenvalue weighted by molar-refractivity contribution is 9.10. The van der Waals surface area contributed by atoms with E-state index in [1.807, 2.05) is 0 Å². The molecule has 3 nitrogen and oxygen atoms in total. The molecule has 0 saturated carbocycles. The van der Waals surface area contributed by atoms with Gasteiger partial charge in [0, 0.05) is 0 Å². The van der Waals surface area contributed by atoms with Gasteiger partial charge in [0.05, 0.1) is 23.6 Å². The van der Waals surface area contributed by atoms with Gasteiger partial charge in [0.15, 0.2) is 0 Å². The van der Waals surface area contributed by atoms with Crippen molar-refractivity contribution in [2.75, 3.05) is 7.11 Å². The fourth-order valence-corrected chi connectivity index (χ4v) is 1.88. The third kappa shape index (κ3) is 3.78.